The average molecular weight is 393 g/mol. The van der Waals surface area contributed by atoms with Crippen molar-refractivity contribution in [1.82, 2.24) is 9.80 Å². The summed E-state index contributed by atoms with van der Waals surface area (Å²) in [5.74, 6) is 0.229. The summed E-state index contributed by atoms with van der Waals surface area (Å²) < 4.78 is 28.8. The molecule has 1 aromatic rings. The van der Waals surface area contributed by atoms with Gasteiger partial charge in [0.05, 0.1) is 24.7 Å². The largest absolute Gasteiger partial charge is 0.383 e. The maximum atomic E-state index is 12.9. The number of rotatable bonds is 7. The van der Waals surface area contributed by atoms with E-state index in [-0.39, 0.29) is 23.5 Å². The molecule has 0 unspecified atom stereocenters. The molecule has 0 radical (unpaired) electrons. The molecule has 3 rings (SSSR count). The van der Waals surface area contributed by atoms with Gasteiger partial charge >= 0.3 is 0 Å². The van der Waals surface area contributed by atoms with Gasteiger partial charge in [0.15, 0.2) is 9.84 Å². The van der Waals surface area contributed by atoms with Crippen LogP contribution in [-0.2, 0) is 19.4 Å². The molecular formula is C20H28N2O4S. The Kier molecular flexibility index (Phi) is 6.68. The number of carbonyl (C=O) groups excluding carboxylic acids is 1. The van der Waals surface area contributed by atoms with E-state index in [0.717, 1.165) is 19.5 Å². The van der Waals surface area contributed by atoms with Crippen molar-refractivity contribution in [3.63, 3.8) is 0 Å². The van der Waals surface area contributed by atoms with Crippen LogP contribution in [0.1, 0.15) is 18.4 Å². The number of benzene rings is 1. The van der Waals surface area contributed by atoms with Gasteiger partial charge in [0.25, 0.3) is 0 Å². The van der Waals surface area contributed by atoms with Gasteiger partial charge in [0.1, 0.15) is 0 Å². The number of hydrogen-bond acceptors (Lipinski definition) is 5. The lowest BCUT2D eigenvalue weighted by Crippen LogP contribution is -2.48. The van der Waals surface area contributed by atoms with E-state index in [0.29, 0.717) is 26.1 Å². The summed E-state index contributed by atoms with van der Waals surface area (Å²) in [6.45, 7) is 2.73. The molecule has 27 heavy (non-hydrogen) atoms. The Bertz CT molecular complexity index is 776. The van der Waals surface area contributed by atoms with Gasteiger partial charge in [0, 0.05) is 32.8 Å². The monoisotopic (exact) mass is 392 g/mol. The Balaban J connectivity index is 1.60. The lowest BCUT2D eigenvalue weighted by Gasteiger charge is -2.32. The first kappa shape index (κ1) is 20.0. The van der Waals surface area contributed by atoms with Gasteiger partial charge in [-0.1, -0.05) is 36.4 Å². The fourth-order valence-corrected chi connectivity index (χ4v) is 5.50. The Morgan fingerprint density at radius 2 is 2.07 bits per heavy atom. The molecule has 0 aromatic heterocycles. The lowest BCUT2D eigenvalue weighted by molar-refractivity contribution is -0.134. The molecule has 6 nitrogen and oxygen atoms in total. The minimum absolute atomic E-state index is 0.00860. The van der Waals surface area contributed by atoms with Crippen molar-refractivity contribution < 1.29 is 17.9 Å². The number of methoxy groups -OCH3 is 1. The summed E-state index contributed by atoms with van der Waals surface area (Å²) in [4.78, 5) is 16.7. The van der Waals surface area contributed by atoms with Crippen molar-refractivity contribution in [3.8, 4) is 0 Å². The van der Waals surface area contributed by atoms with Gasteiger partial charge in [-0.15, -0.1) is 0 Å². The van der Waals surface area contributed by atoms with E-state index in [9.17, 15) is 13.2 Å². The molecule has 0 N–H and O–H groups in total. The third-order valence-electron chi connectivity index (χ3n) is 5.30. The molecule has 0 bridgehead atoms. The van der Waals surface area contributed by atoms with Crippen molar-refractivity contribution >= 4 is 21.3 Å². The Hall–Kier alpha value is -1.70. The topological polar surface area (TPSA) is 66.9 Å². The molecule has 0 aliphatic carbocycles. The highest BCUT2D eigenvalue weighted by Crippen LogP contribution is 2.23. The molecule has 2 aliphatic heterocycles. The SMILES string of the molecule is COCCN(C(=O)CN1CC=C(c2ccccc2)CC1)[C@@H]1CCS(=O)(=O)C1. The number of amides is 1. The Morgan fingerprint density at radius 1 is 1.30 bits per heavy atom. The summed E-state index contributed by atoms with van der Waals surface area (Å²) in [5, 5.41) is 0. The van der Waals surface area contributed by atoms with Crippen molar-refractivity contribution in [2.45, 2.75) is 18.9 Å². The van der Waals surface area contributed by atoms with Crippen LogP contribution in [0.5, 0.6) is 0 Å². The summed E-state index contributed by atoms with van der Waals surface area (Å²) >= 11 is 0. The average Bonchev–Trinajstić information content (AvgIpc) is 3.03. The van der Waals surface area contributed by atoms with Crippen LogP contribution in [0.4, 0.5) is 0 Å². The number of hydrogen-bond donors (Lipinski definition) is 0. The van der Waals surface area contributed by atoms with Gasteiger partial charge in [-0.2, -0.15) is 0 Å². The number of ether oxygens (including phenoxy) is 1. The van der Waals surface area contributed by atoms with Crippen LogP contribution in [0.25, 0.3) is 5.57 Å². The van der Waals surface area contributed by atoms with E-state index in [1.165, 1.54) is 11.1 Å². The Labute approximate surface area is 161 Å². The van der Waals surface area contributed by atoms with Gasteiger partial charge in [-0.3, -0.25) is 9.69 Å². The first-order chi connectivity index (χ1) is 13.0. The quantitative estimate of drug-likeness (QED) is 0.702. The molecule has 2 heterocycles. The highest BCUT2D eigenvalue weighted by molar-refractivity contribution is 7.91. The second-order valence-electron chi connectivity index (χ2n) is 7.22. The molecule has 1 atom stereocenters. The zero-order chi connectivity index (χ0) is 19.3. The smallest absolute Gasteiger partial charge is 0.237 e. The van der Waals surface area contributed by atoms with Crippen molar-refractivity contribution in [2.24, 2.45) is 0 Å². The number of nitrogens with zero attached hydrogens (tertiary/aromatic N) is 2. The maximum Gasteiger partial charge on any atom is 0.237 e. The maximum absolute atomic E-state index is 12.9. The first-order valence-corrected chi connectivity index (χ1v) is 11.3. The van der Waals surface area contributed by atoms with E-state index >= 15 is 0 Å². The van der Waals surface area contributed by atoms with Crippen LogP contribution >= 0.6 is 0 Å². The fourth-order valence-electron chi connectivity index (χ4n) is 3.77. The number of carbonyl (C=O) groups is 1. The molecule has 1 amide bonds. The molecule has 1 saturated heterocycles. The van der Waals surface area contributed by atoms with Crippen LogP contribution in [-0.4, -0.2) is 81.6 Å². The van der Waals surface area contributed by atoms with Crippen LogP contribution < -0.4 is 0 Å². The van der Waals surface area contributed by atoms with Gasteiger partial charge in [-0.05, 0) is 24.0 Å². The summed E-state index contributed by atoms with van der Waals surface area (Å²) in [6.07, 6.45) is 3.62. The summed E-state index contributed by atoms with van der Waals surface area (Å²) in [7, 11) is -1.44. The van der Waals surface area contributed by atoms with Crippen molar-refractivity contribution in [1.29, 1.82) is 0 Å². The normalized spacial score (nSPS) is 22.4. The highest BCUT2D eigenvalue weighted by Gasteiger charge is 2.34. The standard InChI is InChI=1S/C20H28N2O4S/c1-26-13-12-22(19-9-14-27(24,25)16-19)20(23)15-21-10-7-18(8-11-21)17-5-3-2-4-6-17/h2-7,19H,8-16H2,1H3/t19-/m1/s1. The fraction of sp³-hybridized carbons (Fsp3) is 0.550. The van der Waals surface area contributed by atoms with Crippen LogP contribution in [0, 0.1) is 0 Å². The number of sulfone groups is 1. The van der Waals surface area contributed by atoms with Gasteiger partial charge in [0.2, 0.25) is 5.91 Å². The van der Waals surface area contributed by atoms with E-state index in [1.807, 2.05) is 18.2 Å². The van der Waals surface area contributed by atoms with Crippen molar-refractivity contribution in [3.05, 3.63) is 42.0 Å². The van der Waals surface area contributed by atoms with Crippen LogP contribution in [0.15, 0.2) is 36.4 Å². The molecule has 2 aliphatic rings. The molecule has 1 aromatic carbocycles. The predicted octanol–water partition coefficient (Wildman–Crippen LogP) is 1.44. The third kappa shape index (κ3) is 5.40. The lowest BCUT2D eigenvalue weighted by atomic mass is 9.99. The zero-order valence-electron chi connectivity index (χ0n) is 15.8. The molecule has 0 saturated carbocycles. The first-order valence-electron chi connectivity index (χ1n) is 9.44. The summed E-state index contributed by atoms with van der Waals surface area (Å²) in [5.41, 5.74) is 2.55. The highest BCUT2D eigenvalue weighted by atomic mass is 32.2. The Morgan fingerprint density at radius 3 is 2.67 bits per heavy atom. The molecular weight excluding hydrogens is 364 g/mol. The van der Waals surface area contributed by atoms with E-state index < -0.39 is 9.84 Å². The second kappa shape index (κ2) is 8.99. The molecule has 1 fully saturated rings. The molecule has 148 valence electrons. The van der Waals surface area contributed by atoms with E-state index in [2.05, 4.69) is 23.1 Å². The predicted molar refractivity (Wildman–Crippen MR) is 106 cm³/mol. The zero-order valence-corrected chi connectivity index (χ0v) is 16.7. The van der Waals surface area contributed by atoms with Crippen LogP contribution in [0.2, 0.25) is 0 Å². The van der Waals surface area contributed by atoms with Crippen molar-refractivity contribution in [2.75, 3.05) is 51.4 Å². The van der Waals surface area contributed by atoms with E-state index in [4.69, 9.17) is 4.74 Å². The van der Waals surface area contributed by atoms with E-state index in [1.54, 1.807) is 12.0 Å². The molecule has 7 heteroatoms. The third-order valence-corrected chi connectivity index (χ3v) is 7.05. The second-order valence-corrected chi connectivity index (χ2v) is 9.45. The van der Waals surface area contributed by atoms with Gasteiger partial charge in [-0.25, -0.2) is 8.42 Å². The molecule has 0 spiro atoms. The van der Waals surface area contributed by atoms with Gasteiger partial charge < -0.3 is 9.64 Å². The summed E-state index contributed by atoms with van der Waals surface area (Å²) in [6, 6.07) is 10.1. The minimum Gasteiger partial charge on any atom is -0.383 e. The van der Waals surface area contributed by atoms with Crippen LogP contribution in [0.3, 0.4) is 0 Å². The minimum atomic E-state index is -3.03.